The zero-order valence-corrected chi connectivity index (χ0v) is 10.3. The van der Waals surface area contributed by atoms with Gasteiger partial charge in [0.1, 0.15) is 5.78 Å². The van der Waals surface area contributed by atoms with Crippen molar-refractivity contribution in [3.63, 3.8) is 0 Å². The van der Waals surface area contributed by atoms with Crippen molar-refractivity contribution in [1.29, 1.82) is 0 Å². The first-order valence-electron chi connectivity index (χ1n) is 3.53. The zero-order valence-electron chi connectivity index (χ0n) is 6.60. The van der Waals surface area contributed by atoms with Crippen molar-refractivity contribution < 1.29 is 4.79 Å². The maximum atomic E-state index is 10.9. The summed E-state index contributed by atoms with van der Waals surface area (Å²) in [6, 6.07) is 5.93. The molecule has 0 aliphatic carbocycles. The van der Waals surface area contributed by atoms with Crippen LogP contribution in [-0.2, 0) is 11.2 Å². The molecule has 0 aliphatic heterocycles. The molecular weight excluding hydrogens is 331 g/mol. The first-order valence-corrected chi connectivity index (χ1v) is 5.40. The van der Waals surface area contributed by atoms with Gasteiger partial charge in [-0.15, -0.1) is 0 Å². The van der Waals surface area contributed by atoms with E-state index in [1.165, 1.54) is 0 Å². The summed E-state index contributed by atoms with van der Waals surface area (Å²) in [6.45, 7) is 1.61. The molecule has 0 amide bonds. The van der Waals surface area contributed by atoms with Gasteiger partial charge in [-0.05, 0) is 47.2 Å². The molecular formula is C9H8BrIO. The van der Waals surface area contributed by atoms with Crippen LogP contribution in [0.15, 0.2) is 22.7 Å². The van der Waals surface area contributed by atoms with E-state index >= 15 is 0 Å². The van der Waals surface area contributed by atoms with Crippen LogP contribution in [0.5, 0.6) is 0 Å². The number of rotatable bonds is 2. The molecule has 1 aromatic carbocycles. The summed E-state index contributed by atoms with van der Waals surface area (Å²) in [5, 5.41) is 0. The van der Waals surface area contributed by atoms with Crippen LogP contribution in [0.2, 0.25) is 0 Å². The van der Waals surface area contributed by atoms with E-state index in [0.717, 1.165) is 13.6 Å². The predicted molar refractivity (Wildman–Crippen MR) is 61.2 cm³/mol. The molecule has 1 nitrogen and oxygen atoms in total. The van der Waals surface area contributed by atoms with Crippen molar-refractivity contribution in [2.75, 3.05) is 0 Å². The van der Waals surface area contributed by atoms with Crippen molar-refractivity contribution in [3.05, 3.63) is 31.8 Å². The molecule has 0 saturated heterocycles. The zero-order chi connectivity index (χ0) is 9.14. The number of hydrogen-bond acceptors (Lipinski definition) is 1. The minimum Gasteiger partial charge on any atom is -0.300 e. The van der Waals surface area contributed by atoms with Gasteiger partial charge < -0.3 is 0 Å². The minimum atomic E-state index is 0.194. The van der Waals surface area contributed by atoms with Crippen LogP contribution in [0.3, 0.4) is 0 Å². The van der Waals surface area contributed by atoms with E-state index in [0.29, 0.717) is 6.42 Å². The van der Waals surface area contributed by atoms with Gasteiger partial charge in [0, 0.05) is 14.5 Å². The molecule has 0 atom stereocenters. The molecule has 0 heterocycles. The Kier molecular flexibility index (Phi) is 3.71. The molecule has 64 valence electrons. The standard InChI is InChI=1S/C9H8BrIO/c1-6(12)5-7-8(10)3-2-4-9(7)11/h2-4H,5H2,1H3. The molecule has 0 spiro atoms. The van der Waals surface area contributed by atoms with E-state index in [-0.39, 0.29) is 5.78 Å². The highest BCUT2D eigenvalue weighted by Crippen LogP contribution is 2.22. The van der Waals surface area contributed by atoms with Gasteiger partial charge in [0.05, 0.1) is 0 Å². The highest BCUT2D eigenvalue weighted by Gasteiger charge is 2.05. The van der Waals surface area contributed by atoms with Gasteiger partial charge in [0.15, 0.2) is 0 Å². The fraction of sp³-hybridized carbons (Fsp3) is 0.222. The smallest absolute Gasteiger partial charge is 0.134 e. The Hall–Kier alpha value is 0.1000. The Labute approximate surface area is 93.8 Å². The Balaban J connectivity index is 3.04. The Morgan fingerprint density at radius 3 is 2.75 bits per heavy atom. The summed E-state index contributed by atoms with van der Waals surface area (Å²) in [5.41, 5.74) is 1.09. The second-order valence-electron chi connectivity index (χ2n) is 2.58. The van der Waals surface area contributed by atoms with Crippen LogP contribution in [0.4, 0.5) is 0 Å². The average Bonchev–Trinajstić information content (AvgIpc) is 1.97. The monoisotopic (exact) mass is 338 g/mol. The molecule has 1 rings (SSSR count). The maximum Gasteiger partial charge on any atom is 0.134 e. The third-order valence-electron chi connectivity index (χ3n) is 1.49. The first-order chi connectivity index (χ1) is 5.61. The molecule has 3 heteroatoms. The fourth-order valence-corrected chi connectivity index (χ4v) is 2.52. The van der Waals surface area contributed by atoms with E-state index in [1.807, 2.05) is 18.2 Å². The lowest BCUT2D eigenvalue weighted by atomic mass is 10.1. The quantitative estimate of drug-likeness (QED) is 0.757. The van der Waals surface area contributed by atoms with E-state index in [4.69, 9.17) is 0 Å². The summed E-state index contributed by atoms with van der Waals surface area (Å²) in [5.74, 6) is 0.194. The van der Waals surface area contributed by atoms with Gasteiger partial charge in [-0.3, -0.25) is 4.79 Å². The Bertz CT molecular complexity index is 289. The van der Waals surface area contributed by atoms with Crippen molar-refractivity contribution in [2.24, 2.45) is 0 Å². The number of carbonyl (C=O) groups excluding carboxylic acids is 1. The van der Waals surface area contributed by atoms with Crippen LogP contribution in [0.25, 0.3) is 0 Å². The third kappa shape index (κ3) is 2.55. The Morgan fingerprint density at radius 1 is 1.58 bits per heavy atom. The van der Waals surface area contributed by atoms with Crippen LogP contribution < -0.4 is 0 Å². The van der Waals surface area contributed by atoms with Crippen LogP contribution in [0, 0.1) is 3.57 Å². The van der Waals surface area contributed by atoms with E-state index in [2.05, 4.69) is 38.5 Å². The first kappa shape index (κ1) is 10.2. The summed E-state index contributed by atoms with van der Waals surface area (Å²) in [6.07, 6.45) is 0.514. The van der Waals surface area contributed by atoms with Crippen molar-refractivity contribution in [2.45, 2.75) is 13.3 Å². The topological polar surface area (TPSA) is 17.1 Å². The van der Waals surface area contributed by atoms with E-state index < -0.39 is 0 Å². The number of ketones is 1. The molecule has 12 heavy (non-hydrogen) atoms. The third-order valence-corrected chi connectivity index (χ3v) is 3.24. The van der Waals surface area contributed by atoms with Crippen LogP contribution in [-0.4, -0.2) is 5.78 Å². The molecule has 0 saturated carbocycles. The maximum absolute atomic E-state index is 10.9. The molecule has 1 aromatic rings. The average molecular weight is 339 g/mol. The van der Waals surface area contributed by atoms with E-state index in [9.17, 15) is 4.79 Å². The van der Waals surface area contributed by atoms with Crippen molar-refractivity contribution in [3.8, 4) is 0 Å². The van der Waals surface area contributed by atoms with Crippen LogP contribution in [0.1, 0.15) is 12.5 Å². The molecule has 0 unspecified atom stereocenters. The molecule has 0 radical (unpaired) electrons. The van der Waals surface area contributed by atoms with Crippen LogP contribution >= 0.6 is 38.5 Å². The van der Waals surface area contributed by atoms with Gasteiger partial charge >= 0.3 is 0 Å². The number of Topliss-reactive ketones (excluding diaryl/α,β-unsaturated/α-hetero) is 1. The largest absolute Gasteiger partial charge is 0.300 e. The van der Waals surface area contributed by atoms with Gasteiger partial charge in [0.2, 0.25) is 0 Å². The molecule has 0 aromatic heterocycles. The van der Waals surface area contributed by atoms with Gasteiger partial charge in [-0.1, -0.05) is 22.0 Å². The summed E-state index contributed by atoms with van der Waals surface area (Å²) < 4.78 is 2.15. The second-order valence-corrected chi connectivity index (χ2v) is 4.60. The van der Waals surface area contributed by atoms with Crippen molar-refractivity contribution in [1.82, 2.24) is 0 Å². The minimum absolute atomic E-state index is 0.194. The highest BCUT2D eigenvalue weighted by molar-refractivity contribution is 14.1. The second kappa shape index (κ2) is 4.37. The number of hydrogen-bond donors (Lipinski definition) is 0. The number of benzene rings is 1. The molecule has 0 aliphatic rings. The molecule has 0 N–H and O–H groups in total. The lowest BCUT2D eigenvalue weighted by Crippen LogP contribution is -1.99. The fourth-order valence-electron chi connectivity index (χ4n) is 0.950. The Morgan fingerprint density at radius 2 is 2.25 bits per heavy atom. The lowest BCUT2D eigenvalue weighted by molar-refractivity contribution is -0.116. The number of carbonyl (C=O) groups is 1. The summed E-state index contributed by atoms with van der Waals surface area (Å²) >= 11 is 5.66. The van der Waals surface area contributed by atoms with Gasteiger partial charge in [-0.2, -0.15) is 0 Å². The number of halogens is 2. The lowest BCUT2D eigenvalue weighted by Gasteiger charge is -2.03. The molecule has 0 bridgehead atoms. The highest BCUT2D eigenvalue weighted by atomic mass is 127. The SMILES string of the molecule is CC(=O)Cc1c(Br)cccc1I. The predicted octanol–water partition coefficient (Wildman–Crippen LogP) is 3.19. The normalized spacial score (nSPS) is 9.92. The molecule has 0 fully saturated rings. The van der Waals surface area contributed by atoms with Gasteiger partial charge in [0.25, 0.3) is 0 Å². The summed E-state index contributed by atoms with van der Waals surface area (Å²) in [4.78, 5) is 10.9. The van der Waals surface area contributed by atoms with E-state index in [1.54, 1.807) is 6.92 Å². The summed E-state index contributed by atoms with van der Waals surface area (Å²) in [7, 11) is 0. The van der Waals surface area contributed by atoms with Gasteiger partial charge in [-0.25, -0.2) is 0 Å². The van der Waals surface area contributed by atoms with Crippen molar-refractivity contribution >= 4 is 44.3 Å².